The number of nitrogens with zero attached hydrogens (tertiary/aromatic N) is 1. The fourth-order valence-electron chi connectivity index (χ4n) is 2.43. The van der Waals surface area contributed by atoms with Crippen LogP contribution in [0.5, 0.6) is 5.75 Å². The van der Waals surface area contributed by atoms with Crippen molar-refractivity contribution in [2.24, 2.45) is 0 Å². The molecule has 116 valence electrons. The Balaban J connectivity index is 1.98. The molecule has 0 saturated heterocycles. The van der Waals surface area contributed by atoms with Crippen molar-refractivity contribution in [3.05, 3.63) is 29.3 Å². The Morgan fingerprint density at radius 1 is 1.48 bits per heavy atom. The van der Waals surface area contributed by atoms with Gasteiger partial charge in [0.2, 0.25) is 0 Å². The van der Waals surface area contributed by atoms with Gasteiger partial charge in [-0.3, -0.25) is 4.79 Å². The monoisotopic (exact) mass is 329 g/mol. The third-order valence-corrected chi connectivity index (χ3v) is 4.29. The molecule has 1 fully saturated rings. The first-order valence-corrected chi connectivity index (χ1v) is 8.31. The van der Waals surface area contributed by atoms with E-state index in [0.717, 1.165) is 19.3 Å². The van der Waals surface area contributed by atoms with Crippen molar-refractivity contribution < 1.29 is 9.53 Å². The van der Waals surface area contributed by atoms with Gasteiger partial charge in [0.25, 0.3) is 5.91 Å². The number of alkyl halides is 1. The van der Waals surface area contributed by atoms with Crippen molar-refractivity contribution in [3.8, 4) is 5.75 Å². The predicted octanol–water partition coefficient (Wildman–Crippen LogP) is 4.12. The van der Waals surface area contributed by atoms with Crippen molar-refractivity contribution in [2.75, 3.05) is 12.4 Å². The molecule has 21 heavy (non-hydrogen) atoms. The van der Waals surface area contributed by atoms with E-state index in [0.29, 0.717) is 29.2 Å². The van der Waals surface area contributed by atoms with Gasteiger partial charge in [-0.25, -0.2) is 0 Å². The maximum Gasteiger partial charge on any atom is 0.263 e. The molecule has 0 aromatic heterocycles. The Morgan fingerprint density at radius 2 is 2.24 bits per heavy atom. The van der Waals surface area contributed by atoms with Crippen LogP contribution < -0.4 is 4.74 Å². The first-order valence-electron chi connectivity index (χ1n) is 7.40. The Labute approximate surface area is 136 Å². The summed E-state index contributed by atoms with van der Waals surface area (Å²) in [4.78, 5) is 14.5. The molecule has 1 aromatic carbocycles. The van der Waals surface area contributed by atoms with Gasteiger partial charge in [0, 0.05) is 23.5 Å². The van der Waals surface area contributed by atoms with Crippen LogP contribution in [-0.2, 0) is 4.79 Å². The number of amides is 1. The maximum atomic E-state index is 12.6. The van der Waals surface area contributed by atoms with Crippen molar-refractivity contribution in [1.29, 1.82) is 0 Å². The Kier molecular flexibility index (Phi) is 6.19. The Bertz CT molecular complexity index is 477. The highest BCUT2D eigenvalue weighted by Crippen LogP contribution is 2.26. The number of hydrogen-bond acceptors (Lipinski definition) is 2. The number of halogens is 2. The van der Waals surface area contributed by atoms with E-state index in [-0.39, 0.29) is 5.91 Å². The van der Waals surface area contributed by atoms with E-state index in [1.807, 2.05) is 17.0 Å². The molecule has 0 aliphatic heterocycles. The summed E-state index contributed by atoms with van der Waals surface area (Å²) in [6.07, 6.45) is 3.65. The van der Waals surface area contributed by atoms with E-state index >= 15 is 0 Å². The van der Waals surface area contributed by atoms with Gasteiger partial charge in [-0.2, -0.15) is 0 Å². The molecule has 0 N–H and O–H groups in total. The summed E-state index contributed by atoms with van der Waals surface area (Å²) < 4.78 is 5.73. The minimum Gasteiger partial charge on any atom is -0.481 e. The van der Waals surface area contributed by atoms with Crippen LogP contribution in [0.15, 0.2) is 24.3 Å². The number of carbonyl (C=O) groups excluding carboxylic acids is 1. The summed E-state index contributed by atoms with van der Waals surface area (Å²) in [6, 6.07) is 7.47. The molecule has 1 saturated carbocycles. The van der Waals surface area contributed by atoms with E-state index < -0.39 is 6.10 Å². The topological polar surface area (TPSA) is 29.5 Å². The third kappa shape index (κ3) is 4.52. The molecule has 0 spiro atoms. The van der Waals surface area contributed by atoms with Gasteiger partial charge in [-0.1, -0.05) is 17.7 Å². The zero-order chi connectivity index (χ0) is 15.2. The molecule has 5 heteroatoms. The molecule has 1 aliphatic carbocycles. The minimum absolute atomic E-state index is 0.0322. The molecular formula is C16H21Cl2NO2. The van der Waals surface area contributed by atoms with Crippen molar-refractivity contribution >= 4 is 29.1 Å². The zero-order valence-electron chi connectivity index (χ0n) is 12.2. The molecular weight excluding hydrogens is 309 g/mol. The maximum absolute atomic E-state index is 12.6. The van der Waals surface area contributed by atoms with Crippen LogP contribution in [0.3, 0.4) is 0 Å². The highest BCUT2D eigenvalue weighted by molar-refractivity contribution is 6.30. The summed E-state index contributed by atoms with van der Waals surface area (Å²) in [5.74, 6) is 1.22. The van der Waals surface area contributed by atoms with Crippen LogP contribution in [-0.4, -0.2) is 35.4 Å². The van der Waals surface area contributed by atoms with E-state index in [4.69, 9.17) is 27.9 Å². The average Bonchev–Trinajstić information content (AvgIpc) is 2.40. The number of benzene rings is 1. The molecule has 2 rings (SSSR count). The first-order chi connectivity index (χ1) is 10.1. The second-order valence-corrected chi connectivity index (χ2v) is 6.19. The van der Waals surface area contributed by atoms with Crippen LogP contribution in [0.2, 0.25) is 5.02 Å². The molecule has 3 nitrogen and oxygen atoms in total. The largest absolute Gasteiger partial charge is 0.481 e. The van der Waals surface area contributed by atoms with Crippen LogP contribution >= 0.6 is 23.2 Å². The first kappa shape index (κ1) is 16.4. The van der Waals surface area contributed by atoms with Gasteiger partial charge < -0.3 is 9.64 Å². The van der Waals surface area contributed by atoms with Crippen LogP contribution in [0.1, 0.15) is 32.6 Å². The lowest BCUT2D eigenvalue weighted by Gasteiger charge is -2.38. The molecule has 1 unspecified atom stereocenters. The van der Waals surface area contributed by atoms with Crippen molar-refractivity contribution in [1.82, 2.24) is 4.90 Å². The fraction of sp³-hybridized carbons (Fsp3) is 0.562. The minimum atomic E-state index is -0.514. The SMILES string of the molecule is CC(Oc1cccc(Cl)c1)C(=O)N(CCCCl)C1CCC1. The number of hydrogen-bond donors (Lipinski definition) is 0. The molecule has 1 atom stereocenters. The third-order valence-electron chi connectivity index (χ3n) is 3.79. The lowest BCUT2D eigenvalue weighted by molar-refractivity contribution is -0.142. The van der Waals surface area contributed by atoms with Gasteiger partial charge in [-0.05, 0) is 50.8 Å². The summed E-state index contributed by atoms with van der Waals surface area (Å²) in [5.41, 5.74) is 0. The normalized spacial score (nSPS) is 16.1. The Hall–Kier alpha value is -0.930. The summed E-state index contributed by atoms with van der Waals surface area (Å²) in [6.45, 7) is 2.49. The average molecular weight is 330 g/mol. The van der Waals surface area contributed by atoms with Crippen LogP contribution in [0.25, 0.3) is 0 Å². The lowest BCUT2D eigenvalue weighted by Crippen LogP contribution is -2.49. The summed E-state index contributed by atoms with van der Waals surface area (Å²) in [5, 5.41) is 0.602. The molecule has 0 radical (unpaired) electrons. The smallest absolute Gasteiger partial charge is 0.263 e. The zero-order valence-corrected chi connectivity index (χ0v) is 13.7. The molecule has 1 aliphatic rings. The van der Waals surface area contributed by atoms with E-state index in [2.05, 4.69) is 0 Å². The van der Waals surface area contributed by atoms with Gasteiger partial charge >= 0.3 is 0 Å². The van der Waals surface area contributed by atoms with Gasteiger partial charge in [0.1, 0.15) is 5.75 Å². The van der Waals surface area contributed by atoms with Gasteiger partial charge in [-0.15, -0.1) is 11.6 Å². The molecule has 1 aromatic rings. The predicted molar refractivity (Wildman–Crippen MR) is 86.2 cm³/mol. The standard InChI is InChI=1S/C16H21Cl2NO2/c1-12(21-15-8-2-5-13(18)11-15)16(20)19(10-4-9-17)14-6-3-7-14/h2,5,8,11-12,14H,3-4,6-7,9-10H2,1H3. The van der Waals surface area contributed by atoms with Crippen molar-refractivity contribution in [3.63, 3.8) is 0 Å². The number of carbonyl (C=O) groups is 1. The molecule has 0 heterocycles. The Morgan fingerprint density at radius 3 is 2.81 bits per heavy atom. The van der Waals surface area contributed by atoms with Gasteiger partial charge in [0.15, 0.2) is 6.10 Å². The highest BCUT2D eigenvalue weighted by Gasteiger charge is 2.31. The van der Waals surface area contributed by atoms with Gasteiger partial charge in [0.05, 0.1) is 0 Å². The second kappa shape index (κ2) is 7.90. The van der Waals surface area contributed by atoms with Crippen LogP contribution in [0, 0.1) is 0 Å². The lowest BCUT2D eigenvalue weighted by atomic mass is 9.91. The van der Waals surface area contributed by atoms with E-state index in [1.165, 1.54) is 6.42 Å². The fourth-order valence-corrected chi connectivity index (χ4v) is 2.73. The summed E-state index contributed by atoms with van der Waals surface area (Å²) >= 11 is 11.7. The molecule has 0 bridgehead atoms. The van der Waals surface area contributed by atoms with Crippen LogP contribution in [0.4, 0.5) is 0 Å². The summed E-state index contributed by atoms with van der Waals surface area (Å²) in [7, 11) is 0. The quantitative estimate of drug-likeness (QED) is 0.704. The van der Waals surface area contributed by atoms with E-state index in [1.54, 1.807) is 19.1 Å². The van der Waals surface area contributed by atoms with E-state index in [9.17, 15) is 4.79 Å². The van der Waals surface area contributed by atoms with Crippen molar-refractivity contribution in [2.45, 2.75) is 44.8 Å². The number of rotatable bonds is 7. The second-order valence-electron chi connectivity index (χ2n) is 5.38. The molecule has 1 amide bonds. The number of ether oxygens (including phenoxy) is 1. The highest BCUT2D eigenvalue weighted by atomic mass is 35.5.